The van der Waals surface area contributed by atoms with E-state index in [0.717, 1.165) is 31.9 Å². The van der Waals surface area contributed by atoms with Crippen LogP contribution in [0.5, 0.6) is 0 Å². The van der Waals surface area contributed by atoms with E-state index < -0.39 is 0 Å². The van der Waals surface area contributed by atoms with Crippen molar-refractivity contribution in [3.8, 4) is 0 Å². The van der Waals surface area contributed by atoms with Gasteiger partial charge in [-0.05, 0) is 25.7 Å². The summed E-state index contributed by atoms with van der Waals surface area (Å²) in [7, 11) is 1.73. The van der Waals surface area contributed by atoms with Gasteiger partial charge in [0.1, 0.15) is 0 Å². The normalized spacial score (nSPS) is 13.0. The molecule has 0 amide bonds. The van der Waals surface area contributed by atoms with E-state index in [2.05, 4.69) is 35.6 Å². The monoisotopic (exact) mass is 239 g/mol. The van der Waals surface area contributed by atoms with Gasteiger partial charge in [0.15, 0.2) is 0 Å². The highest BCUT2D eigenvalue weighted by molar-refractivity contribution is 5.27. The molecule has 0 aliphatic carbocycles. The Labute approximate surface area is 104 Å². The van der Waals surface area contributed by atoms with Crippen LogP contribution >= 0.6 is 0 Å². The van der Waals surface area contributed by atoms with Gasteiger partial charge in [0.05, 0.1) is 0 Å². The number of nitrogens with zero attached hydrogens (tertiary/aromatic N) is 2. The van der Waals surface area contributed by atoms with E-state index in [0.29, 0.717) is 12.0 Å². The topological polar surface area (TPSA) is 39.1 Å². The van der Waals surface area contributed by atoms with E-state index in [4.69, 9.17) is 4.74 Å². The molecule has 1 unspecified atom stereocenters. The van der Waals surface area contributed by atoms with E-state index >= 15 is 0 Å². The molecule has 0 saturated carbocycles. The SMILES string of the molecule is COCCCn1ccnc1NC(C)CC(C)C. The Morgan fingerprint density at radius 3 is 2.82 bits per heavy atom. The summed E-state index contributed by atoms with van der Waals surface area (Å²) in [6, 6.07) is 0.457. The molecule has 0 aromatic carbocycles. The first kappa shape index (κ1) is 14.0. The summed E-state index contributed by atoms with van der Waals surface area (Å²) in [5.74, 6) is 1.67. The van der Waals surface area contributed by atoms with Crippen molar-refractivity contribution < 1.29 is 4.74 Å². The Balaban J connectivity index is 2.44. The zero-order valence-corrected chi connectivity index (χ0v) is 11.4. The van der Waals surface area contributed by atoms with Crippen molar-refractivity contribution in [1.82, 2.24) is 9.55 Å². The first-order valence-electron chi connectivity index (χ1n) is 6.40. The molecule has 0 aliphatic rings. The minimum absolute atomic E-state index is 0.457. The van der Waals surface area contributed by atoms with Gasteiger partial charge in [-0.2, -0.15) is 0 Å². The molecule has 4 nitrogen and oxygen atoms in total. The molecule has 17 heavy (non-hydrogen) atoms. The highest BCUT2D eigenvalue weighted by Crippen LogP contribution is 2.11. The second-order valence-corrected chi connectivity index (χ2v) is 4.97. The van der Waals surface area contributed by atoms with Gasteiger partial charge >= 0.3 is 0 Å². The third kappa shape index (κ3) is 5.22. The van der Waals surface area contributed by atoms with Gasteiger partial charge < -0.3 is 14.6 Å². The molecule has 0 aliphatic heterocycles. The molecule has 98 valence electrons. The Morgan fingerprint density at radius 1 is 1.41 bits per heavy atom. The van der Waals surface area contributed by atoms with Crippen molar-refractivity contribution in [2.75, 3.05) is 19.0 Å². The van der Waals surface area contributed by atoms with Crippen molar-refractivity contribution in [1.29, 1.82) is 0 Å². The predicted octanol–water partition coefficient (Wildman–Crippen LogP) is 2.77. The Hall–Kier alpha value is -1.03. The third-order valence-electron chi connectivity index (χ3n) is 2.66. The molecule has 0 saturated heterocycles. The first-order chi connectivity index (χ1) is 8.13. The summed E-state index contributed by atoms with van der Waals surface area (Å²) < 4.78 is 7.21. The highest BCUT2D eigenvalue weighted by Gasteiger charge is 2.08. The number of aryl methyl sites for hydroxylation is 1. The summed E-state index contributed by atoms with van der Waals surface area (Å²) >= 11 is 0. The number of anilines is 1. The number of aromatic nitrogens is 2. The summed E-state index contributed by atoms with van der Waals surface area (Å²) in [6.07, 6.45) is 6.03. The molecule has 1 N–H and O–H groups in total. The maximum atomic E-state index is 5.06. The van der Waals surface area contributed by atoms with Crippen molar-refractivity contribution in [2.24, 2.45) is 5.92 Å². The maximum absolute atomic E-state index is 5.06. The van der Waals surface area contributed by atoms with Crippen molar-refractivity contribution in [2.45, 2.75) is 46.2 Å². The van der Waals surface area contributed by atoms with Gasteiger partial charge in [0.25, 0.3) is 0 Å². The van der Waals surface area contributed by atoms with Crippen LogP contribution in [0.1, 0.15) is 33.6 Å². The number of hydrogen-bond acceptors (Lipinski definition) is 3. The van der Waals surface area contributed by atoms with Crippen LogP contribution in [-0.4, -0.2) is 29.3 Å². The van der Waals surface area contributed by atoms with Crippen LogP contribution in [0.4, 0.5) is 5.95 Å². The predicted molar refractivity (Wildman–Crippen MR) is 71.3 cm³/mol. The fraction of sp³-hybridized carbons (Fsp3) is 0.769. The molecule has 0 radical (unpaired) electrons. The summed E-state index contributed by atoms with van der Waals surface area (Å²) in [4.78, 5) is 4.35. The number of nitrogens with one attached hydrogen (secondary N) is 1. The Morgan fingerprint density at radius 2 is 2.18 bits per heavy atom. The second kappa shape index (κ2) is 7.33. The Kier molecular flexibility index (Phi) is 6.05. The van der Waals surface area contributed by atoms with Gasteiger partial charge in [-0.25, -0.2) is 4.98 Å². The van der Waals surface area contributed by atoms with E-state index in [9.17, 15) is 0 Å². The molecular weight excluding hydrogens is 214 g/mol. The van der Waals surface area contributed by atoms with Gasteiger partial charge in [0, 0.05) is 38.7 Å². The third-order valence-corrected chi connectivity index (χ3v) is 2.66. The fourth-order valence-electron chi connectivity index (χ4n) is 2.00. The van der Waals surface area contributed by atoms with Crippen LogP contribution in [0.2, 0.25) is 0 Å². The highest BCUT2D eigenvalue weighted by atomic mass is 16.5. The van der Waals surface area contributed by atoms with Crippen LogP contribution < -0.4 is 5.32 Å². The smallest absolute Gasteiger partial charge is 0.202 e. The lowest BCUT2D eigenvalue weighted by Crippen LogP contribution is -2.20. The lowest BCUT2D eigenvalue weighted by Gasteiger charge is -2.17. The Bertz CT molecular complexity index is 309. The van der Waals surface area contributed by atoms with Crippen LogP contribution in [0.15, 0.2) is 12.4 Å². The number of rotatable bonds is 8. The lowest BCUT2D eigenvalue weighted by atomic mass is 10.1. The van der Waals surface area contributed by atoms with E-state index in [-0.39, 0.29) is 0 Å². The second-order valence-electron chi connectivity index (χ2n) is 4.97. The van der Waals surface area contributed by atoms with Crippen LogP contribution in [0.25, 0.3) is 0 Å². The number of ether oxygens (including phenoxy) is 1. The van der Waals surface area contributed by atoms with Crippen molar-refractivity contribution >= 4 is 5.95 Å². The zero-order valence-electron chi connectivity index (χ0n) is 11.4. The molecule has 1 aromatic heterocycles. The summed E-state index contributed by atoms with van der Waals surface area (Å²) in [5.41, 5.74) is 0. The molecule has 1 aromatic rings. The number of imidazole rings is 1. The largest absolute Gasteiger partial charge is 0.385 e. The van der Waals surface area contributed by atoms with Crippen LogP contribution in [0, 0.1) is 5.92 Å². The summed E-state index contributed by atoms with van der Waals surface area (Å²) in [5, 5.41) is 3.46. The van der Waals surface area contributed by atoms with Gasteiger partial charge in [0.2, 0.25) is 5.95 Å². The average Bonchev–Trinajstić information content (AvgIpc) is 2.65. The van der Waals surface area contributed by atoms with Gasteiger partial charge in [-0.15, -0.1) is 0 Å². The molecule has 1 heterocycles. The number of methoxy groups -OCH3 is 1. The quantitative estimate of drug-likeness (QED) is 0.709. The molecule has 0 bridgehead atoms. The summed E-state index contributed by atoms with van der Waals surface area (Å²) in [6.45, 7) is 8.42. The molecule has 1 rings (SSSR count). The average molecular weight is 239 g/mol. The standard InChI is InChI=1S/C13H25N3O/c1-11(2)10-12(3)15-13-14-6-8-16(13)7-5-9-17-4/h6,8,11-12H,5,7,9-10H2,1-4H3,(H,14,15). The maximum Gasteiger partial charge on any atom is 0.202 e. The molecule has 4 heteroatoms. The van der Waals surface area contributed by atoms with Gasteiger partial charge in [-0.1, -0.05) is 13.8 Å². The van der Waals surface area contributed by atoms with E-state index in [1.807, 2.05) is 12.4 Å². The zero-order chi connectivity index (χ0) is 12.7. The van der Waals surface area contributed by atoms with E-state index in [1.54, 1.807) is 7.11 Å². The van der Waals surface area contributed by atoms with Crippen molar-refractivity contribution in [3.63, 3.8) is 0 Å². The lowest BCUT2D eigenvalue weighted by molar-refractivity contribution is 0.190. The minimum atomic E-state index is 0.457. The molecular formula is C13H25N3O. The van der Waals surface area contributed by atoms with E-state index in [1.165, 1.54) is 0 Å². The minimum Gasteiger partial charge on any atom is -0.385 e. The molecule has 1 atom stereocenters. The van der Waals surface area contributed by atoms with Crippen molar-refractivity contribution in [3.05, 3.63) is 12.4 Å². The molecule has 0 fully saturated rings. The van der Waals surface area contributed by atoms with Crippen LogP contribution in [-0.2, 0) is 11.3 Å². The molecule has 0 spiro atoms. The fourth-order valence-corrected chi connectivity index (χ4v) is 2.00. The van der Waals surface area contributed by atoms with Gasteiger partial charge in [-0.3, -0.25) is 0 Å². The first-order valence-corrected chi connectivity index (χ1v) is 6.40. The van der Waals surface area contributed by atoms with Crippen LogP contribution in [0.3, 0.4) is 0 Å². The number of hydrogen-bond donors (Lipinski definition) is 1.